The fraction of sp³-hybridized carbons (Fsp3) is 0. The number of benzene rings is 12. The van der Waals surface area contributed by atoms with E-state index in [0.29, 0.717) is 83.6 Å². The van der Waals surface area contributed by atoms with Gasteiger partial charge < -0.3 is 0 Å². The van der Waals surface area contributed by atoms with Gasteiger partial charge in [-0.15, -0.1) is 0 Å². The van der Waals surface area contributed by atoms with Crippen LogP contribution in [0.5, 0.6) is 0 Å². The van der Waals surface area contributed by atoms with Crippen LogP contribution in [0.15, 0.2) is 316 Å². The molecule has 3 nitrogen and oxygen atoms in total. The number of hydrogen-bond acceptors (Lipinski definition) is 3. The van der Waals surface area contributed by atoms with Crippen LogP contribution in [-0.2, 0) is 0 Å². The van der Waals surface area contributed by atoms with Crippen molar-refractivity contribution >= 4 is 0 Å². The zero-order valence-electron chi connectivity index (χ0n) is 51.5. The molecule has 0 saturated heterocycles. The molecular formula is C87H52F7N3. The first kappa shape index (κ1) is 60.8. The lowest BCUT2D eigenvalue weighted by atomic mass is 9.85. The van der Waals surface area contributed by atoms with E-state index in [0.717, 1.165) is 38.9 Å². The SMILES string of the molecule is Fc1ccc(-c2ccc(-c3ccc(F)c(-c4ccccc4)c3F)nc2)c(-c2cc(-c3cc(F)ccc3-c3ccc(-c4ccc(F)c(-c5ccccc5)c4F)nc3)cc(-c3cc(F)ccc3-c3cnc(-c4cccc(-c5ccccc5)c4)cc3-c3ccc(-c4ccccc4)cc3)c2)c1. The first-order valence-corrected chi connectivity index (χ1v) is 31.3. The maximum Gasteiger partial charge on any atom is 0.143 e. The molecule has 0 N–H and O–H groups in total. The van der Waals surface area contributed by atoms with Crippen molar-refractivity contribution in [2.45, 2.75) is 0 Å². The van der Waals surface area contributed by atoms with E-state index in [1.165, 1.54) is 73.1 Å². The molecule has 0 unspecified atom stereocenters. The fourth-order valence-electron chi connectivity index (χ4n) is 12.8. The van der Waals surface area contributed by atoms with Gasteiger partial charge in [-0.3, -0.25) is 15.0 Å². The zero-order chi connectivity index (χ0) is 66.1. The summed E-state index contributed by atoms with van der Waals surface area (Å²) < 4.78 is 113. The second kappa shape index (κ2) is 26.2. The highest BCUT2D eigenvalue weighted by Gasteiger charge is 2.24. The Labute approximate surface area is 555 Å². The minimum absolute atomic E-state index is 0.0689. The van der Waals surface area contributed by atoms with Gasteiger partial charge in [0.1, 0.15) is 40.7 Å². The Bertz CT molecular complexity index is 5230. The fourth-order valence-corrected chi connectivity index (χ4v) is 12.8. The van der Waals surface area contributed by atoms with Crippen molar-refractivity contribution in [1.82, 2.24) is 15.0 Å². The van der Waals surface area contributed by atoms with E-state index in [-0.39, 0.29) is 33.6 Å². The Hall–Kier alpha value is -12.4. The summed E-state index contributed by atoms with van der Waals surface area (Å²) in [5.74, 6) is -4.76. The molecule has 0 radical (unpaired) electrons. The van der Waals surface area contributed by atoms with Gasteiger partial charge in [-0.2, -0.15) is 0 Å². The second-order valence-corrected chi connectivity index (χ2v) is 23.5. The molecular weight excluding hydrogens is 1220 g/mol. The first-order chi connectivity index (χ1) is 47.5. The van der Waals surface area contributed by atoms with E-state index in [2.05, 4.69) is 60.7 Å². The van der Waals surface area contributed by atoms with Gasteiger partial charge in [-0.05, 0) is 198 Å². The smallest absolute Gasteiger partial charge is 0.143 e. The van der Waals surface area contributed by atoms with Crippen molar-refractivity contribution in [3.05, 3.63) is 357 Å². The largest absolute Gasteiger partial charge is 0.256 e. The summed E-state index contributed by atoms with van der Waals surface area (Å²) in [7, 11) is 0. The molecule has 0 aliphatic carbocycles. The van der Waals surface area contributed by atoms with Crippen LogP contribution in [0.2, 0.25) is 0 Å². The summed E-state index contributed by atoms with van der Waals surface area (Å²) in [4.78, 5) is 14.6. The molecule has 15 aromatic rings. The van der Waals surface area contributed by atoms with Crippen molar-refractivity contribution in [3.63, 3.8) is 0 Å². The summed E-state index contributed by atoms with van der Waals surface area (Å²) in [6.45, 7) is 0. The van der Waals surface area contributed by atoms with Gasteiger partial charge in [-0.25, -0.2) is 30.7 Å². The lowest BCUT2D eigenvalue weighted by Gasteiger charge is -2.19. The normalized spacial score (nSPS) is 11.2. The molecule has 3 heterocycles. The minimum atomic E-state index is -0.786. The van der Waals surface area contributed by atoms with E-state index in [1.807, 2.05) is 66.7 Å². The molecule has 0 spiro atoms. The summed E-state index contributed by atoms with van der Waals surface area (Å²) >= 11 is 0. The van der Waals surface area contributed by atoms with Gasteiger partial charge in [0.05, 0.1) is 28.2 Å². The van der Waals surface area contributed by atoms with Gasteiger partial charge in [-0.1, -0.05) is 194 Å². The third-order valence-electron chi connectivity index (χ3n) is 17.6. The molecule has 0 aliphatic heterocycles. The molecule has 0 aliphatic rings. The molecule has 464 valence electrons. The summed E-state index contributed by atoms with van der Waals surface area (Å²) in [6.07, 6.45) is 4.88. The van der Waals surface area contributed by atoms with Gasteiger partial charge >= 0.3 is 0 Å². The Morgan fingerprint density at radius 2 is 0.515 bits per heavy atom. The average molecular weight is 1270 g/mol. The standard InChI is InChI=1S/C87H52F7N3/c88-66-30-33-69(61-28-40-81(95-50-61)72-36-38-79(91)84(86(72)93)57-18-9-3-10-19-57)74(46-66)63-43-64(75-47-67(89)31-34-70(75)62-29-41-82(96-51-62)73-37-39-80(92)85(87(73)94)58-20-11-4-12-21-58)45-65(44-63)76-48-68(90)32-35-71(76)78-52-97-83(60-23-13-22-59(42-60)54-16-7-2-8-17-54)49-77(78)56-26-24-55(25-27-56)53-14-5-1-6-15-53/h1-52H. The maximum absolute atomic E-state index is 16.6. The van der Waals surface area contributed by atoms with Crippen LogP contribution in [0.25, 0.3) is 156 Å². The van der Waals surface area contributed by atoms with Gasteiger partial charge in [0.2, 0.25) is 0 Å². The van der Waals surface area contributed by atoms with E-state index in [4.69, 9.17) is 15.0 Å². The first-order valence-electron chi connectivity index (χ1n) is 31.3. The van der Waals surface area contributed by atoms with Crippen LogP contribution in [0.1, 0.15) is 0 Å². The summed E-state index contributed by atoms with van der Waals surface area (Å²) in [5.41, 5.74) is 14.0. The third-order valence-corrected chi connectivity index (χ3v) is 17.6. The average Bonchev–Trinajstić information content (AvgIpc) is 0.767. The predicted octanol–water partition coefficient (Wildman–Crippen LogP) is 24.2. The third kappa shape index (κ3) is 12.2. The molecule has 3 aromatic heterocycles. The van der Waals surface area contributed by atoms with E-state index < -0.39 is 40.7 Å². The monoisotopic (exact) mass is 1270 g/mol. The van der Waals surface area contributed by atoms with Gasteiger partial charge in [0.25, 0.3) is 0 Å². The second-order valence-electron chi connectivity index (χ2n) is 23.5. The number of halogens is 7. The van der Waals surface area contributed by atoms with E-state index in [9.17, 15) is 0 Å². The van der Waals surface area contributed by atoms with E-state index in [1.54, 1.807) is 115 Å². The van der Waals surface area contributed by atoms with Crippen molar-refractivity contribution in [3.8, 4) is 156 Å². The molecule has 0 bridgehead atoms. The molecule has 0 amide bonds. The molecule has 15 rings (SSSR count). The van der Waals surface area contributed by atoms with Crippen LogP contribution >= 0.6 is 0 Å². The Balaban J connectivity index is 0.906. The summed E-state index contributed by atoms with van der Waals surface area (Å²) in [6, 6.07) is 85.9. The van der Waals surface area contributed by atoms with Crippen LogP contribution in [0.4, 0.5) is 30.7 Å². The quantitative estimate of drug-likeness (QED) is 0.102. The molecule has 0 saturated carbocycles. The molecule has 12 aromatic carbocycles. The minimum Gasteiger partial charge on any atom is -0.256 e. The van der Waals surface area contributed by atoms with Crippen LogP contribution in [0.3, 0.4) is 0 Å². The summed E-state index contributed by atoms with van der Waals surface area (Å²) in [5, 5.41) is 0. The highest BCUT2D eigenvalue weighted by Crippen LogP contribution is 2.46. The Morgan fingerprint density at radius 3 is 0.969 bits per heavy atom. The maximum atomic E-state index is 16.6. The number of rotatable bonds is 14. The lowest BCUT2D eigenvalue weighted by molar-refractivity contribution is 0.591. The number of aromatic nitrogens is 3. The van der Waals surface area contributed by atoms with E-state index >= 15 is 30.7 Å². The molecule has 0 atom stereocenters. The number of pyridine rings is 3. The molecule has 0 fully saturated rings. The van der Waals surface area contributed by atoms with Gasteiger partial charge in [0, 0.05) is 52.0 Å². The van der Waals surface area contributed by atoms with Crippen molar-refractivity contribution < 1.29 is 30.7 Å². The number of nitrogens with zero attached hydrogens (tertiary/aromatic N) is 3. The predicted molar refractivity (Wildman–Crippen MR) is 376 cm³/mol. The zero-order valence-corrected chi connectivity index (χ0v) is 51.5. The highest BCUT2D eigenvalue weighted by molar-refractivity contribution is 5.97. The molecule has 97 heavy (non-hydrogen) atoms. The van der Waals surface area contributed by atoms with Crippen molar-refractivity contribution in [1.29, 1.82) is 0 Å². The Kier molecular flexibility index (Phi) is 16.4. The van der Waals surface area contributed by atoms with Crippen LogP contribution in [-0.4, -0.2) is 15.0 Å². The van der Waals surface area contributed by atoms with Crippen LogP contribution in [0, 0.1) is 40.7 Å². The Morgan fingerprint density at radius 1 is 0.175 bits per heavy atom. The van der Waals surface area contributed by atoms with Crippen molar-refractivity contribution in [2.75, 3.05) is 0 Å². The highest BCUT2D eigenvalue weighted by atomic mass is 19.2. The lowest BCUT2D eigenvalue weighted by Crippen LogP contribution is -1.97. The number of hydrogen-bond donors (Lipinski definition) is 0. The van der Waals surface area contributed by atoms with Gasteiger partial charge in [0.15, 0.2) is 0 Å². The molecule has 10 heteroatoms. The van der Waals surface area contributed by atoms with Crippen molar-refractivity contribution in [2.24, 2.45) is 0 Å². The topological polar surface area (TPSA) is 38.7 Å². The van der Waals surface area contributed by atoms with Crippen LogP contribution < -0.4 is 0 Å².